The maximum absolute atomic E-state index is 12.7. The van der Waals surface area contributed by atoms with E-state index < -0.39 is 5.97 Å². The van der Waals surface area contributed by atoms with Crippen molar-refractivity contribution in [1.29, 1.82) is 0 Å². The van der Waals surface area contributed by atoms with Crippen LogP contribution in [0.4, 0.5) is 0 Å². The molecule has 1 heterocycles. The average molecular weight is 372 g/mol. The highest BCUT2D eigenvalue weighted by Crippen LogP contribution is 2.21. The first-order valence-electron chi connectivity index (χ1n) is 7.11. The SMILES string of the molecule is CC(c1cccc(C(=O)O)c1)n1ccc2cc(Br)ccc2c1=O. The van der Waals surface area contributed by atoms with Crippen molar-refractivity contribution in [3.8, 4) is 0 Å². The minimum absolute atomic E-state index is 0.0942. The summed E-state index contributed by atoms with van der Waals surface area (Å²) in [5, 5.41) is 10.6. The lowest BCUT2D eigenvalue weighted by Gasteiger charge is -2.17. The molecule has 23 heavy (non-hydrogen) atoms. The summed E-state index contributed by atoms with van der Waals surface area (Å²) < 4.78 is 2.54. The number of carboxylic acid groups (broad SMARTS) is 1. The minimum Gasteiger partial charge on any atom is -0.478 e. The van der Waals surface area contributed by atoms with Crippen LogP contribution in [0.2, 0.25) is 0 Å². The van der Waals surface area contributed by atoms with Crippen molar-refractivity contribution in [2.45, 2.75) is 13.0 Å². The number of aromatic carboxylic acids is 1. The fourth-order valence-electron chi connectivity index (χ4n) is 2.63. The first-order valence-corrected chi connectivity index (χ1v) is 7.90. The molecule has 2 aromatic carbocycles. The molecule has 116 valence electrons. The molecular weight excluding hydrogens is 358 g/mol. The predicted molar refractivity (Wildman–Crippen MR) is 93.1 cm³/mol. The number of benzene rings is 2. The number of halogens is 1. The molecule has 1 aromatic heterocycles. The summed E-state index contributed by atoms with van der Waals surface area (Å²) in [6.45, 7) is 1.88. The van der Waals surface area contributed by atoms with Crippen molar-refractivity contribution >= 4 is 32.7 Å². The van der Waals surface area contributed by atoms with Crippen LogP contribution in [0.1, 0.15) is 28.9 Å². The van der Waals surface area contributed by atoms with Gasteiger partial charge in [-0.05, 0) is 54.3 Å². The zero-order chi connectivity index (χ0) is 16.6. The van der Waals surface area contributed by atoms with Crippen molar-refractivity contribution in [3.05, 3.63) is 80.7 Å². The molecule has 3 rings (SSSR count). The molecule has 0 spiro atoms. The van der Waals surface area contributed by atoms with E-state index in [1.807, 2.05) is 31.2 Å². The van der Waals surface area contributed by atoms with Gasteiger partial charge in [0.25, 0.3) is 5.56 Å². The van der Waals surface area contributed by atoms with E-state index in [1.165, 1.54) is 0 Å². The van der Waals surface area contributed by atoms with Crippen molar-refractivity contribution in [1.82, 2.24) is 4.57 Å². The third-order valence-corrected chi connectivity index (χ3v) is 4.42. The molecule has 0 bridgehead atoms. The maximum Gasteiger partial charge on any atom is 0.335 e. The molecule has 1 N–H and O–H groups in total. The van der Waals surface area contributed by atoms with Gasteiger partial charge in [-0.25, -0.2) is 4.79 Å². The summed E-state index contributed by atoms with van der Waals surface area (Å²) in [6.07, 6.45) is 1.75. The van der Waals surface area contributed by atoms with Crippen molar-refractivity contribution < 1.29 is 9.90 Å². The van der Waals surface area contributed by atoms with Crippen LogP contribution >= 0.6 is 15.9 Å². The van der Waals surface area contributed by atoms with Gasteiger partial charge in [-0.3, -0.25) is 4.79 Å². The number of hydrogen-bond acceptors (Lipinski definition) is 2. The molecule has 1 atom stereocenters. The van der Waals surface area contributed by atoms with Crippen molar-refractivity contribution in [2.75, 3.05) is 0 Å². The summed E-state index contributed by atoms with van der Waals surface area (Å²) in [7, 11) is 0. The lowest BCUT2D eigenvalue weighted by Crippen LogP contribution is -2.23. The molecule has 5 heteroatoms. The largest absolute Gasteiger partial charge is 0.478 e. The van der Waals surface area contributed by atoms with Gasteiger partial charge < -0.3 is 9.67 Å². The predicted octanol–water partition coefficient (Wildman–Crippen LogP) is 4.07. The topological polar surface area (TPSA) is 59.3 Å². The number of carboxylic acids is 1. The second kappa shape index (κ2) is 6.01. The number of pyridine rings is 1. The summed E-state index contributed by atoms with van der Waals surface area (Å²) in [5.41, 5.74) is 0.902. The lowest BCUT2D eigenvalue weighted by atomic mass is 10.0. The van der Waals surface area contributed by atoms with Crippen LogP contribution in [0.3, 0.4) is 0 Å². The number of aromatic nitrogens is 1. The molecule has 0 aliphatic heterocycles. The Morgan fingerprint density at radius 3 is 2.70 bits per heavy atom. The standard InChI is InChI=1S/C18H14BrNO3/c1-11(12-3-2-4-14(9-12)18(22)23)20-8-7-13-10-15(19)5-6-16(13)17(20)21/h2-11H,1H3,(H,22,23). The second-order valence-electron chi connectivity index (χ2n) is 5.37. The van der Waals surface area contributed by atoms with Crippen LogP contribution in [0.5, 0.6) is 0 Å². The Hall–Kier alpha value is -2.40. The highest BCUT2D eigenvalue weighted by atomic mass is 79.9. The second-order valence-corrected chi connectivity index (χ2v) is 6.28. The van der Waals surface area contributed by atoms with E-state index in [0.29, 0.717) is 5.39 Å². The van der Waals surface area contributed by atoms with Crippen LogP contribution in [-0.4, -0.2) is 15.6 Å². The zero-order valence-corrected chi connectivity index (χ0v) is 13.9. The smallest absolute Gasteiger partial charge is 0.335 e. The molecule has 4 nitrogen and oxygen atoms in total. The van der Waals surface area contributed by atoms with E-state index in [-0.39, 0.29) is 17.2 Å². The molecule has 0 amide bonds. The first-order chi connectivity index (χ1) is 11.0. The number of fused-ring (bicyclic) bond motifs is 1. The zero-order valence-electron chi connectivity index (χ0n) is 12.4. The number of carbonyl (C=O) groups is 1. The van der Waals surface area contributed by atoms with Gasteiger partial charge in [0.05, 0.1) is 11.6 Å². The quantitative estimate of drug-likeness (QED) is 0.754. The van der Waals surface area contributed by atoms with Crippen LogP contribution in [0.25, 0.3) is 10.8 Å². The fraction of sp³-hybridized carbons (Fsp3) is 0.111. The average Bonchev–Trinajstić information content (AvgIpc) is 2.54. The third kappa shape index (κ3) is 2.92. The van der Waals surface area contributed by atoms with Gasteiger partial charge in [0.2, 0.25) is 0 Å². The molecule has 3 aromatic rings. The highest BCUT2D eigenvalue weighted by molar-refractivity contribution is 9.10. The monoisotopic (exact) mass is 371 g/mol. The van der Waals surface area contributed by atoms with Gasteiger partial charge in [0.15, 0.2) is 0 Å². The highest BCUT2D eigenvalue weighted by Gasteiger charge is 2.13. The molecule has 0 saturated carbocycles. The Kier molecular flexibility index (Phi) is 4.05. The van der Waals surface area contributed by atoms with Gasteiger partial charge >= 0.3 is 5.97 Å². The molecule has 0 saturated heterocycles. The molecule has 0 aliphatic rings. The van der Waals surface area contributed by atoms with E-state index in [4.69, 9.17) is 5.11 Å². The minimum atomic E-state index is -0.977. The molecule has 1 unspecified atom stereocenters. The van der Waals surface area contributed by atoms with Gasteiger partial charge in [0, 0.05) is 16.1 Å². The van der Waals surface area contributed by atoms with E-state index >= 15 is 0 Å². The van der Waals surface area contributed by atoms with Crippen molar-refractivity contribution in [2.24, 2.45) is 0 Å². The number of hydrogen-bond donors (Lipinski definition) is 1. The Balaban J connectivity index is 2.11. The van der Waals surface area contributed by atoms with Crippen molar-refractivity contribution in [3.63, 3.8) is 0 Å². The normalized spacial score (nSPS) is 12.3. The van der Waals surface area contributed by atoms with Gasteiger partial charge in [-0.15, -0.1) is 0 Å². The third-order valence-electron chi connectivity index (χ3n) is 3.93. The Morgan fingerprint density at radius 2 is 1.96 bits per heavy atom. The number of rotatable bonds is 3. The van der Waals surface area contributed by atoms with Gasteiger partial charge in [0.1, 0.15) is 0 Å². The molecule has 0 radical (unpaired) electrons. The lowest BCUT2D eigenvalue weighted by molar-refractivity contribution is 0.0696. The van der Waals surface area contributed by atoms with Crippen LogP contribution in [0.15, 0.2) is 64.0 Å². The number of nitrogens with zero attached hydrogens (tertiary/aromatic N) is 1. The van der Waals surface area contributed by atoms with E-state index in [9.17, 15) is 9.59 Å². The Bertz CT molecular complexity index is 962. The van der Waals surface area contributed by atoms with E-state index in [0.717, 1.165) is 15.4 Å². The first kappa shape index (κ1) is 15.5. The fourth-order valence-corrected chi connectivity index (χ4v) is 3.01. The molecular formula is C18H14BrNO3. The molecule has 0 fully saturated rings. The Labute approximate surface area is 141 Å². The summed E-state index contributed by atoms with van der Waals surface area (Å²) in [5.74, 6) is -0.977. The summed E-state index contributed by atoms with van der Waals surface area (Å²) in [4.78, 5) is 23.8. The Morgan fingerprint density at radius 1 is 1.17 bits per heavy atom. The van der Waals surface area contributed by atoms with E-state index in [2.05, 4.69) is 15.9 Å². The summed E-state index contributed by atoms with van der Waals surface area (Å²) in [6, 6.07) is 13.8. The van der Waals surface area contributed by atoms with Gasteiger partial charge in [-0.2, -0.15) is 0 Å². The van der Waals surface area contributed by atoms with Crippen LogP contribution in [-0.2, 0) is 0 Å². The van der Waals surface area contributed by atoms with Crippen LogP contribution in [0, 0.1) is 0 Å². The van der Waals surface area contributed by atoms with Crippen LogP contribution < -0.4 is 5.56 Å². The van der Waals surface area contributed by atoms with Gasteiger partial charge in [-0.1, -0.05) is 28.1 Å². The van der Waals surface area contributed by atoms with E-state index in [1.54, 1.807) is 35.0 Å². The summed E-state index contributed by atoms with van der Waals surface area (Å²) >= 11 is 3.40. The maximum atomic E-state index is 12.7. The molecule has 0 aliphatic carbocycles.